The minimum atomic E-state index is -0.493. The van der Waals surface area contributed by atoms with E-state index in [0.29, 0.717) is 5.82 Å². The number of carbonyl (C=O) groups excluding carboxylic acids is 1. The van der Waals surface area contributed by atoms with Gasteiger partial charge in [0.15, 0.2) is 0 Å². The number of amides is 1. The Hall–Kier alpha value is -4.31. The van der Waals surface area contributed by atoms with Crippen LogP contribution in [0.4, 0.5) is 17.2 Å². The fraction of sp³-hybridized carbons (Fsp3) is 0.250. The molecule has 0 radical (unpaired) electrons. The molecule has 0 spiro atoms. The highest BCUT2D eigenvalue weighted by molar-refractivity contribution is 7.15. The van der Waals surface area contributed by atoms with Crippen LogP contribution in [0, 0.1) is 30.9 Å². The molecule has 3 aromatic heterocycles. The molecular formula is C28H28N6O3S. The Kier molecular flexibility index (Phi) is 7.06. The molecule has 5 rings (SSSR count). The molecule has 0 fully saturated rings. The second-order valence-corrected chi connectivity index (χ2v) is 10.5. The van der Waals surface area contributed by atoms with Crippen LogP contribution in [-0.2, 0) is 12.8 Å². The first-order valence-corrected chi connectivity index (χ1v) is 13.2. The average molecular weight is 529 g/mol. The molecule has 2 N–H and O–H groups in total. The predicted molar refractivity (Wildman–Crippen MR) is 151 cm³/mol. The van der Waals surface area contributed by atoms with E-state index in [4.69, 9.17) is 0 Å². The van der Waals surface area contributed by atoms with E-state index in [2.05, 4.69) is 25.4 Å². The van der Waals surface area contributed by atoms with Crippen LogP contribution >= 0.6 is 11.3 Å². The number of fused-ring (bicyclic) bond motifs is 1. The number of nitro groups is 1. The lowest BCUT2D eigenvalue weighted by Crippen LogP contribution is -2.17. The zero-order chi connectivity index (χ0) is 26.8. The number of rotatable bonds is 7. The molecule has 1 aromatic carbocycles. The molecule has 0 saturated carbocycles. The average Bonchev–Trinajstić information content (AvgIpc) is 3.41. The third kappa shape index (κ3) is 5.08. The van der Waals surface area contributed by atoms with Crippen LogP contribution in [0.2, 0.25) is 0 Å². The molecule has 0 saturated heterocycles. The van der Waals surface area contributed by atoms with E-state index < -0.39 is 4.92 Å². The molecule has 1 aliphatic carbocycles. The van der Waals surface area contributed by atoms with Crippen LogP contribution in [0.25, 0.3) is 5.00 Å². The van der Waals surface area contributed by atoms with Crippen molar-refractivity contribution in [3.8, 4) is 5.00 Å². The molecule has 3 heterocycles. The van der Waals surface area contributed by atoms with Gasteiger partial charge in [0, 0.05) is 33.6 Å². The van der Waals surface area contributed by atoms with Gasteiger partial charge in [0.2, 0.25) is 0 Å². The first-order chi connectivity index (χ1) is 18.3. The summed E-state index contributed by atoms with van der Waals surface area (Å²) in [6, 6.07) is 12.8. The Bertz CT molecular complexity index is 1530. The fourth-order valence-electron chi connectivity index (χ4n) is 4.73. The topological polar surface area (TPSA) is 114 Å². The van der Waals surface area contributed by atoms with Crippen LogP contribution in [-0.4, -0.2) is 26.6 Å². The standard InChI is InChI=1S/C28H28N6O3S/c1-17-8-10-21(11-9-17)31-27(35)26-23-6-4-5-7-24(23)38-28(26)33-18(2)14-20(19(33)3)15-30-32-25-13-12-22(16-29-25)34(36)37/h8-16H,4-7H2,1-3H3,(H,29,32)(H,31,35)/b30-15-. The quantitative estimate of drug-likeness (QED) is 0.165. The first-order valence-electron chi connectivity index (χ1n) is 12.4. The van der Waals surface area contributed by atoms with Gasteiger partial charge in [-0.05, 0) is 76.3 Å². The lowest BCUT2D eigenvalue weighted by atomic mass is 9.95. The van der Waals surface area contributed by atoms with Crippen LogP contribution < -0.4 is 10.7 Å². The summed E-state index contributed by atoms with van der Waals surface area (Å²) in [5.74, 6) is 0.318. The molecule has 38 heavy (non-hydrogen) atoms. The van der Waals surface area contributed by atoms with Crippen molar-refractivity contribution in [2.24, 2.45) is 5.10 Å². The third-order valence-electron chi connectivity index (χ3n) is 6.70. The zero-order valence-corrected chi connectivity index (χ0v) is 22.3. The molecule has 10 heteroatoms. The van der Waals surface area contributed by atoms with Crippen LogP contribution in [0.5, 0.6) is 0 Å². The van der Waals surface area contributed by atoms with E-state index in [-0.39, 0.29) is 11.6 Å². The molecule has 0 bridgehead atoms. The van der Waals surface area contributed by atoms with Gasteiger partial charge in [-0.25, -0.2) is 4.98 Å². The van der Waals surface area contributed by atoms with Gasteiger partial charge < -0.3 is 9.88 Å². The smallest absolute Gasteiger partial charge is 0.287 e. The van der Waals surface area contributed by atoms with Gasteiger partial charge in [0.25, 0.3) is 11.6 Å². The summed E-state index contributed by atoms with van der Waals surface area (Å²) in [7, 11) is 0. The number of thiophene rings is 1. The van der Waals surface area contributed by atoms with E-state index in [9.17, 15) is 14.9 Å². The maximum absolute atomic E-state index is 13.6. The van der Waals surface area contributed by atoms with Gasteiger partial charge in [0.05, 0.1) is 16.7 Å². The maximum Gasteiger partial charge on any atom is 0.287 e. The highest BCUT2D eigenvalue weighted by atomic mass is 32.1. The molecule has 1 aliphatic rings. The summed E-state index contributed by atoms with van der Waals surface area (Å²) in [6.07, 6.45) is 6.99. The summed E-state index contributed by atoms with van der Waals surface area (Å²) in [6.45, 7) is 6.06. The van der Waals surface area contributed by atoms with Crippen molar-refractivity contribution < 1.29 is 9.72 Å². The SMILES string of the molecule is Cc1ccc(NC(=O)c2c(-n3c(C)cc(/C=N\Nc4ccc([N+](=O)[O-])cn4)c3C)sc3c2CCCC3)cc1. The van der Waals surface area contributed by atoms with Crippen molar-refractivity contribution in [1.29, 1.82) is 0 Å². The first kappa shape index (κ1) is 25.3. The van der Waals surface area contributed by atoms with E-state index in [1.165, 1.54) is 23.2 Å². The number of hydrazone groups is 1. The molecule has 9 nitrogen and oxygen atoms in total. The number of hydrogen-bond donors (Lipinski definition) is 2. The van der Waals surface area contributed by atoms with Crippen molar-refractivity contribution in [3.05, 3.63) is 97.3 Å². The van der Waals surface area contributed by atoms with Crippen LogP contribution in [0.15, 0.2) is 53.8 Å². The minimum Gasteiger partial charge on any atom is -0.322 e. The van der Waals surface area contributed by atoms with Crippen molar-refractivity contribution in [1.82, 2.24) is 9.55 Å². The van der Waals surface area contributed by atoms with Gasteiger partial charge in [0.1, 0.15) is 17.0 Å². The van der Waals surface area contributed by atoms with E-state index in [0.717, 1.165) is 70.0 Å². The van der Waals surface area contributed by atoms with Crippen LogP contribution in [0.1, 0.15) is 56.2 Å². The summed E-state index contributed by atoms with van der Waals surface area (Å²) < 4.78 is 2.14. The second-order valence-electron chi connectivity index (χ2n) is 9.40. The molecule has 194 valence electrons. The number of benzene rings is 1. The van der Waals surface area contributed by atoms with Gasteiger partial charge in [-0.2, -0.15) is 5.10 Å². The molecule has 0 atom stereocenters. The number of anilines is 2. The maximum atomic E-state index is 13.6. The molecule has 1 amide bonds. The van der Waals surface area contributed by atoms with E-state index in [1.54, 1.807) is 17.6 Å². The summed E-state index contributed by atoms with van der Waals surface area (Å²) >= 11 is 1.70. The largest absolute Gasteiger partial charge is 0.322 e. The highest BCUT2D eigenvalue weighted by Gasteiger charge is 2.28. The van der Waals surface area contributed by atoms with Crippen molar-refractivity contribution in [2.75, 3.05) is 10.7 Å². The third-order valence-corrected chi connectivity index (χ3v) is 7.98. The fourth-order valence-corrected chi connectivity index (χ4v) is 6.23. The molecule has 0 aliphatic heterocycles. The Morgan fingerprint density at radius 1 is 1.13 bits per heavy atom. The van der Waals surface area contributed by atoms with Gasteiger partial charge in [-0.15, -0.1) is 11.3 Å². The Labute approximate surface area is 224 Å². The van der Waals surface area contributed by atoms with E-state index >= 15 is 0 Å². The number of nitrogens with one attached hydrogen (secondary N) is 2. The van der Waals surface area contributed by atoms with Gasteiger partial charge in [-0.3, -0.25) is 20.3 Å². The Morgan fingerprint density at radius 2 is 1.89 bits per heavy atom. The summed E-state index contributed by atoms with van der Waals surface area (Å²) in [5, 5.41) is 19.1. The summed E-state index contributed by atoms with van der Waals surface area (Å²) in [5.41, 5.74) is 9.44. The Morgan fingerprint density at radius 3 is 2.61 bits per heavy atom. The normalized spacial score (nSPS) is 12.9. The van der Waals surface area contributed by atoms with Gasteiger partial charge in [-0.1, -0.05) is 17.7 Å². The number of aryl methyl sites for hydroxylation is 3. The minimum absolute atomic E-state index is 0.0797. The molecule has 4 aromatic rings. The number of pyridine rings is 1. The summed E-state index contributed by atoms with van der Waals surface area (Å²) in [4.78, 5) is 29.3. The zero-order valence-electron chi connectivity index (χ0n) is 21.4. The van der Waals surface area contributed by atoms with Crippen LogP contribution in [0.3, 0.4) is 0 Å². The number of aromatic nitrogens is 2. The van der Waals surface area contributed by atoms with E-state index in [1.807, 2.05) is 51.1 Å². The predicted octanol–water partition coefficient (Wildman–Crippen LogP) is 6.34. The second kappa shape index (κ2) is 10.6. The number of carbonyl (C=O) groups is 1. The van der Waals surface area contributed by atoms with Crippen molar-refractivity contribution in [2.45, 2.75) is 46.5 Å². The van der Waals surface area contributed by atoms with Crippen molar-refractivity contribution in [3.63, 3.8) is 0 Å². The number of hydrogen-bond acceptors (Lipinski definition) is 7. The monoisotopic (exact) mass is 528 g/mol. The van der Waals surface area contributed by atoms with Crippen molar-refractivity contribution >= 4 is 40.7 Å². The lowest BCUT2D eigenvalue weighted by molar-refractivity contribution is -0.385. The molecule has 0 unspecified atom stereocenters. The highest BCUT2D eigenvalue weighted by Crippen LogP contribution is 2.39. The molecular weight excluding hydrogens is 500 g/mol. The number of nitrogens with zero attached hydrogens (tertiary/aromatic N) is 4. The van der Waals surface area contributed by atoms with Gasteiger partial charge >= 0.3 is 0 Å². The lowest BCUT2D eigenvalue weighted by Gasteiger charge is -2.14. The Balaban J connectivity index is 1.45.